The molecule has 2 aromatic carbocycles. The van der Waals surface area contributed by atoms with E-state index in [1.54, 1.807) is 24.3 Å². The number of amides is 1. The number of nitrogens with one attached hydrogen (secondary N) is 1. The van der Waals surface area contributed by atoms with E-state index in [-0.39, 0.29) is 18.0 Å². The Hall–Kier alpha value is -3.65. The first-order chi connectivity index (χ1) is 14.5. The SMILES string of the molecule is Cc1sc2ncn(CC(=O)Nc3ccc(N=Nc4ccccc4)cc3)c(=O)c2c1C. The van der Waals surface area contributed by atoms with Crippen molar-refractivity contribution in [2.24, 2.45) is 10.2 Å². The van der Waals surface area contributed by atoms with E-state index < -0.39 is 0 Å². The Balaban J connectivity index is 1.44. The van der Waals surface area contributed by atoms with Crippen molar-refractivity contribution in [3.63, 3.8) is 0 Å². The highest BCUT2D eigenvalue weighted by atomic mass is 32.1. The van der Waals surface area contributed by atoms with Gasteiger partial charge in [0.1, 0.15) is 11.4 Å². The average Bonchev–Trinajstić information content (AvgIpc) is 3.05. The lowest BCUT2D eigenvalue weighted by molar-refractivity contribution is -0.116. The molecule has 2 aromatic heterocycles. The Bertz CT molecular complexity index is 1290. The number of thiophene rings is 1. The average molecular weight is 417 g/mol. The molecular weight excluding hydrogens is 398 g/mol. The third-order valence-corrected chi connectivity index (χ3v) is 5.77. The van der Waals surface area contributed by atoms with Crippen LogP contribution in [-0.4, -0.2) is 15.5 Å². The van der Waals surface area contributed by atoms with Crippen LogP contribution in [0, 0.1) is 13.8 Å². The summed E-state index contributed by atoms with van der Waals surface area (Å²) in [6.07, 6.45) is 1.42. The summed E-state index contributed by atoms with van der Waals surface area (Å²) in [6, 6.07) is 16.5. The van der Waals surface area contributed by atoms with Crippen molar-refractivity contribution in [1.82, 2.24) is 9.55 Å². The van der Waals surface area contributed by atoms with Crippen LogP contribution in [0.1, 0.15) is 10.4 Å². The van der Waals surface area contributed by atoms with E-state index in [0.717, 1.165) is 16.1 Å². The second-order valence-corrected chi connectivity index (χ2v) is 7.97. The summed E-state index contributed by atoms with van der Waals surface area (Å²) >= 11 is 1.49. The fourth-order valence-corrected chi connectivity index (χ4v) is 3.95. The van der Waals surface area contributed by atoms with Crippen LogP contribution in [0.15, 0.2) is 75.9 Å². The molecule has 0 unspecified atom stereocenters. The molecule has 0 spiro atoms. The molecule has 30 heavy (non-hydrogen) atoms. The lowest BCUT2D eigenvalue weighted by Crippen LogP contribution is -2.27. The topological polar surface area (TPSA) is 88.7 Å². The molecule has 1 amide bonds. The van der Waals surface area contributed by atoms with Crippen molar-refractivity contribution in [1.29, 1.82) is 0 Å². The zero-order valence-electron chi connectivity index (χ0n) is 16.5. The molecule has 4 aromatic rings. The lowest BCUT2D eigenvalue weighted by atomic mass is 10.2. The van der Waals surface area contributed by atoms with Gasteiger partial charge in [-0.1, -0.05) is 18.2 Å². The molecule has 0 aliphatic carbocycles. The number of aromatic nitrogens is 2. The van der Waals surface area contributed by atoms with Gasteiger partial charge in [0.05, 0.1) is 23.1 Å². The van der Waals surface area contributed by atoms with Crippen LogP contribution in [0.3, 0.4) is 0 Å². The van der Waals surface area contributed by atoms with Crippen LogP contribution >= 0.6 is 11.3 Å². The van der Waals surface area contributed by atoms with Gasteiger partial charge in [-0.15, -0.1) is 11.3 Å². The zero-order chi connectivity index (χ0) is 21.1. The Morgan fingerprint density at radius 3 is 2.40 bits per heavy atom. The number of rotatable bonds is 5. The van der Waals surface area contributed by atoms with Crippen molar-refractivity contribution in [3.05, 3.63) is 81.7 Å². The van der Waals surface area contributed by atoms with Crippen LogP contribution in [0.25, 0.3) is 10.2 Å². The van der Waals surface area contributed by atoms with Crippen molar-refractivity contribution in [3.8, 4) is 0 Å². The molecule has 150 valence electrons. The molecule has 0 saturated carbocycles. The number of hydrogen-bond acceptors (Lipinski definition) is 6. The minimum Gasteiger partial charge on any atom is -0.325 e. The van der Waals surface area contributed by atoms with Crippen molar-refractivity contribution in [2.45, 2.75) is 20.4 Å². The van der Waals surface area contributed by atoms with Gasteiger partial charge in [-0.2, -0.15) is 10.2 Å². The van der Waals surface area contributed by atoms with Gasteiger partial charge in [-0.05, 0) is 55.8 Å². The number of aryl methyl sites for hydroxylation is 2. The van der Waals surface area contributed by atoms with Crippen LogP contribution in [-0.2, 0) is 11.3 Å². The second-order valence-electron chi connectivity index (χ2n) is 6.77. The zero-order valence-corrected chi connectivity index (χ0v) is 17.3. The molecule has 4 rings (SSSR count). The highest BCUT2D eigenvalue weighted by Crippen LogP contribution is 2.25. The number of azo groups is 1. The van der Waals surface area contributed by atoms with E-state index >= 15 is 0 Å². The summed E-state index contributed by atoms with van der Waals surface area (Å²) in [4.78, 5) is 31.2. The summed E-state index contributed by atoms with van der Waals surface area (Å²) < 4.78 is 1.33. The van der Waals surface area contributed by atoms with Gasteiger partial charge in [-0.3, -0.25) is 14.2 Å². The number of fused-ring (bicyclic) bond motifs is 1. The summed E-state index contributed by atoms with van der Waals surface area (Å²) in [5, 5.41) is 11.7. The minimum atomic E-state index is -0.304. The largest absolute Gasteiger partial charge is 0.325 e. The summed E-state index contributed by atoms with van der Waals surface area (Å²) in [5.41, 5.74) is 2.77. The van der Waals surface area contributed by atoms with Crippen molar-refractivity contribution in [2.75, 3.05) is 5.32 Å². The highest BCUT2D eigenvalue weighted by molar-refractivity contribution is 7.18. The predicted octanol–water partition coefficient (Wildman–Crippen LogP) is 5.13. The fourth-order valence-electron chi connectivity index (χ4n) is 2.96. The van der Waals surface area contributed by atoms with E-state index in [2.05, 4.69) is 20.5 Å². The predicted molar refractivity (Wildman–Crippen MR) is 119 cm³/mol. The third kappa shape index (κ3) is 4.18. The second kappa shape index (κ2) is 8.38. The third-order valence-electron chi connectivity index (χ3n) is 4.66. The molecule has 0 aliphatic rings. The molecule has 0 bridgehead atoms. The Kier molecular flexibility index (Phi) is 5.49. The van der Waals surface area contributed by atoms with Gasteiger partial charge in [0, 0.05) is 10.6 Å². The maximum absolute atomic E-state index is 12.7. The molecule has 0 radical (unpaired) electrons. The molecule has 0 fully saturated rings. The first-order valence-corrected chi connectivity index (χ1v) is 10.1. The van der Waals surface area contributed by atoms with E-state index in [0.29, 0.717) is 21.6 Å². The molecule has 0 aliphatic heterocycles. The van der Waals surface area contributed by atoms with Crippen molar-refractivity contribution >= 4 is 44.5 Å². The molecule has 7 nitrogen and oxygen atoms in total. The number of carbonyl (C=O) groups is 1. The molecule has 2 heterocycles. The van der Waals surface area contributed by atoms with Gasteiger partial charge in [0.25, 0.3) is 5.56 Å². The van der Waals surface area contributed by atoms with Gasteiger partial charge in [-0.25, -0.2) is 4.98 Å². The summed E-state index contributed by atoms with van der Waals surface area (Å²) in [6.45, 7) is 3.76. The summed E-state index contributed by atoms with van der Waals surface area (Å²) in [7, 11) is 0. The van der Waals surface area contributed by atoms with E-state index in [1.165, 1.54) is 22.2 Å². The van der Waals surface area contributed by atoms with Crippen LogP contribution in [0.5, 0.6) is 0 Å². The minimum absolute atomic E-state index is 0.106. The number of nitrogens with zero attached hydrogens (tertiary/aromatic N) is 4. The quantitative estimate of drug-likeness (QED) is 0.457. The maximum Gasteiger partial charge on any atom is 0.262 e. The van der Waals surface area contributed by atoms with E-state index in [1.807, 2.05) is 44.2 Å². The highest BCUT2D eigenvalue weighted by Gasteiger charge is 2.13. The molecule has 8 heteroatoms. The smallest absolute Gasteiger partial charge is 0.262 e. The van der Waals surface area contributed by atoms with Gasteiger partial charge >= 0.3 is 0 Å². The van der Waals surface area contributed by atoms with E-state index in [9.17, 15) is 9.59 Å². The maximum atomic E-state index is 12.7. The normalized spacial score (nSPS) is 11.3. The number of hydrogen-bond donors (Lipinski definition) is 1. The first kappa shape index (κ1) is 19.7. The number of carbonyl (C=O) groups excluding carboxylic acids is 1. The monoisotopic (exact) mass is 417 g/mol. The Morgan fingerprint density at radius 2 is 1.70 bits per heavy atom. The number of benzene rings is 2. The Morgan fingerprint density at radius 1 is 1.03 bits per heavy atom. The van der Waals surface area contributed by atoms with Crippen LogP contribution in [0.2, 0.25) is 0 Å². The Labute approximate surface area is 176 Å². The molecule has 1 N–H and O–H groups in total. The fraction of sp³-hybridized carbons (Fsp3) is 0.136. The molecule has 0 atom stereocenters. The standard InChI is InChI=1S/C22H19N5O2S/c1-14-15(2)30-21-20(14)22(29)27(13-23-21)12-19(28)24-16-8-10-18(11-9-16)26-25-17-6-4-3-5-7-17/h3-11,13H,12H2,1-2H3,(H,24,28). The van der Waals surface area contributed by atoms with Gasteiger partial charge < -0.3 is 5.32 Å². The lowest BCUT2D eigenvalue weighted by Gasteiger charge is -2.07. The molecule has 0 saturated heterocycles. The number of anilines is 1. The molecular formula is C22H19N5O2S. The first-order valence-electron chi connectivity index (χ1n) is 9.33. The summed E-state index contributed by atoms with van der Waals surface area (Å²) in [5.74, 6) is -0.304. The van der Waals surface area contributed by atoms with Crippen LogP contribution < -0.4 is 10.9 Å². The van der Waals surface area contributed by atoms with Gasteiger partial charge in [0.15, 0.2) is 0 Å². The van der Waals surface area contributed by atoms with Gasteiger partial charge in [0.2, 0.25) is 5.91 Å². The van der Waals surface area contributed by atoms with E-state index in [4.69, 9.17) is 0 Å². The van der Waals surface area contributed by atoms with Crippen molar-refractivity contribution < 1.29 is 4.79 Å². The van der Waals surface area contributed by atoms with Crippen LogP contribution in [0.4, 0.5) is 17.1 Å².